The van der Waals surface area contributed by atoms with Gasteiger partial charge in [-0.2, -0.15) is 0 Å². The predicted molar refractivity (Wildman–Crippen MR) is 111 cm³/mol. The van der Waals surface area contributed by atoms with Gasteiger partial charge in [0.1, 0.15) is 0 Å². The second kappa shape index (κ2) is 7.48. The van der Waals surface area contributed by atoms with Crippen LogP contribution in [0.1, 0.15) is 42.5 Å². The molecule has 0 unspecified atom stereocenters. The molecule has 27 heavy (non-hydrogen) atoms. The molecule has 3 aromatic rings. The molecule has 1 N–H and O–H groups in total. The van der Waals surface area contributed by atoms with Crippen molar-refractivity contribution in [2.24, 2.45) is 0 Å². The third-order valence-electron chi connectivity index (χ3n) is 4.98. The third-order valence-corrected chi connectivity index (χ3v) is 5.33. The van der Waals surface area contributed by atoms with E-state index in [1.807, 2.05) is 30.6 Å². The number of rotatable bonds is 5. The lowest BCUT2D eigenvalue weighted by Crippen LogP contribution is -2.31. The normalized spacial score (nSPS) is 19.3. The minimum absolute atomic E-state index is 0.00923. The smallest absolute Gasteiger partial charge is 0.170 e. The number of hydrogen-bond donors (Lipinski definition) is 1. The number of aryl methyl sites for hydroxylation is 1. The van der Waals surface area contributed by atoms with Gasteiger partial charge in [-0.15, -0.1) is 0 Å². The molecule has 1 aliphatic rings. The second-order valence-corrected chi connectivity index (χ2v) is 7.15. The molecule has 0 bridgehead atoms. The summed E-state index contributed by atoms with van der Waals surface area (Å²) < 4.78 is 2.27. The highest BCUT2D eigenvalue weighted by atomic mass is 32.1. The zero-order chi connectivity index (χ0) is 18.8. The fraction of sp³-hybridized carbons (Fsp3) is 0.286. The van der Waals surface area contributed by atoms with Crippen molar-refractivity contribution in [3.05, 3.63) is 78.1 Å². The fourth-order valence-corrected chi connectivity index (χ4v) is 4.17. The molecule has 0 amide bonds. The van der Waals surface area contributed by atoms with E-state index in [0.717, 1.165) is 29.5 Å². The maximum atomic E-state index is 5.69. The molecular formula is C21H23N5S. The Bertz CT molecular complexity index is 922. The number of nitrogens with zero attached hydrogens (tertiary/aromatic N) is 4. The SMILES string of the molecule is CCCN1C(=S)N[C@@H](c2ccccn2)[C@H]1c1ccc(C)n1-c1cccnc1. The van der Waals surface area contributed by atoms with Gasteiger partial charge in [0.25, 0.3) is 0 Å². The maximum absolute atomic E-state index is 5.69. The van der Waals surface area contributed by atoms with Gasteiger partial charge in [-0.1, -0.05) is 13.0 Å². The van der Waals surface area contributed by atoms with Crippen LogP contribution in [0.3, 0.4) is 0 Å². The first-order valence-corrected chi connectivity index (χ1v) is 9.68. The van der Waals surface area contributed by atoms with Crippen LogP contribution in [-0.2, 0) is 0 Å². The van der Waals surface area contributed by atoms with Gasteiger partial charge in [-0.3, -0.25) is 9.97 Å². The van der Waals surface area contributed by atoms with Crippen molar-refractivity contribution in [1.29, 1.82) is 0 Å². The number of hydrogen-bond acceptors (Lipinski definition) is 3. The number of thiocarbonyl (C=S) groups is 1. The van der Waals surface area contributed by atoms with E-state index in [0.29, 0.717) is 0 Å². The van der Waals surface area contributed by atoms with E-state index in [1.54, 1.807) is 6.20 Å². The van der Waals surface area contributed by atoms with E-state index in [2.05, 4.69) is 62.9 Å². The molecule has 2 atom stereocenters. The second-order valence-electron chi connectivity index (χ2n) is 6.77. The molecule has 1 fully saturated rings. The van der Waals surface area contributed by atoms with Crippen LogP contribution >= 0.6 is 12.2 Å². The molecule has 4 rings (SSSR count). The molecule has 138 valence electrons. The number of aromatic nitrogens is 3. The Hall–Kier alpha value is -2.73. The molecule has 1 saturated heterocycles. The molecule has 0 radical (unpaired) electrons. The summed E-state index contributed by atoms with van der Waals surface area (Å²) in [6, 6.07) is 14.5. The van der Waals surface area contributed by atoms with Crippen molar-refractivity contribution >= 4 is 17.3 Å². The first-order chi connectivity index (χ1) is 13.2. The van der Waals surface area contributed by atoms with Crippen LogP contribution < -0.4 is 5.32 Å². The van der Waals surface area contributed by atoms with Crippen LogP contribution in [0.2, 0.25) is 0 Å². The van der Waals surface area contributed by atoms with E-state index in [1.165, 1.54) is 11.4 Å². The summed E-state index contributed by atoms with van der Waals surface area (Å²) in [5.74, 6) is 0. The van der Waals surface area contributed by atoms with Crippen molar-refractivity contribution in [3.8, 4) is 5.69 Å². The lowest BCUT2D eigenvalue weighted by molar-refractivity contribution is 0.308. The third kappa shape index (κ3) is 3.21. The van der Waals surface area contributed by atoms with Crippen LogP contribution in [0, 0.1) is 6.92 Å². The molecule has 6 heteroatoms. The van der Waals surface area contributed by atoms with Gasteiger partial charge in [0.15, 0.2) is 5.11 Å². The minimum atomic E-state index is 0.00923. The zero-order valence-corrected chi connectivity index (χ0v) is 16.4. The zero-order valence-electron chi connectivity index (χ0n) is 15.5. The Labute approximate surface area is 165 Å². The molecule has 0 saturated carbocycles. The summed E-state index contributed by atoms with van der Waals surface area (Å²) in [6.45, 7) is 5.20. The van der Waals surface area contributed by atoms with Crippen LogP contribution in [0.15, 0.2) is 61.1 Å². The minimum Gasteiger partial charge on any atom is -0.352 e. The van der Waals surface area contributed by atoms with E-state index in [4.69, 9.17) is 12.2 Å². The first kappa shape index (κ1) is 17.7. The van der Waals surface area contributed by atoms with E-state index < -0.39 is 0 Å². The molecule has 4 heterocycles. The van der Waals surface area contributed by atoms with Gasteiger partial charge >= 0.3 is 0 Å². The standard InChI is InChI=1S/C21H23N5S/c1-3-13-25-20(19(24-21(25)27)17-8-4-5-12-23-17)18-10-9-15(2)26(18)16-7-6-11-22-14-16/h4-12,14,19-20H,3,13H2,1-2H3,(H,24,27)/t19-,20+/m0/s1. The molecule has 0 aromatic carbocycles. The maximum Gasteiger partial charge on any atom is 0.170 e. The van der Waals surface area contributed by atoms with Gasteiger partial charge < -0.3 is 14.8 Å². The van der Waals surface area contributed by atoms with Gasteiger partial charge in [0.05, 0.1) is 29.7 Å². The van der Waals surface area contributed by atoms with Crippen LogP contribution in [0.5, 0.6) is 0 Å². The van der Waals surface area contributed by atoms with Gasteiger partial charge in [0, 0.05) is 30.3 Å². The average Bonchev–Trinajstić information content (AvgIpc) is 3.23. The summed E-state index contributed by atoms with van der Waals surface area (Å²) in [4.78, 5) is 11.2. The lowest BCUT2D eigenvalue weighted by Gasteiger charge is -2.29. The largest absolute Gasteiger partial charge is 0.352 e. The summed E-state index contributed by atoms with van der Waals surface area (Å²) in [5.41, 5.74) is 4.42. The molecule has 0 spiro atoms. The Morgan fingerprint density at radius 3 is 2.70 bits per heavy atom. The topological polar surface area (TPSA) is 46.0 Å². The van der Waals surface area contributed by atoms with Crippen molar-refractivity contribution in [2.45, 2.75) is 32.4 Å². The van der Waals surface area contributed by atoms with Crippen molar-refractivity contribution in [1.82, 2.24) is 24.8 Å². The molecular weight excluding hydrogens is 354 g/mol. The van der Waals surface area contributed by atoms with Crippen LogP contribution in [0.4, 0.5) is 0 Å². The molecule has 1 aliphatic heterocycles. The van der Waals surface area contributed by atoms with Crippen molar-refractivity contribution < 1.29 is 0 Å². The van der Waals surface area contributed by atoms with Crippen molar-refractivity contribution in [2.75, 3.05) is 6.54 Å². The highest BCUT2D eigenvalue weighted by Gasteiger charge is 2.41. The number of nitrogens with one attached hydrogen (secondary N) is 1. The van der Waals surface area contributed by atoms with Crippen LogP contribution in [-0.4, -0.2) is 31.1 Å². The predicted octanol–water partition coefficient (Wildman–Crippen LogP) is 3.96. The number of pyridine rings is 2. The Balaban J connectivity index is 1.85. The van der Waals surface area contributed by atoms with Gasteiger partial charge in [-0.25, -0.2) is 0 Å². The summed E-state index contributed by atoms with van der Waals surface area (Å²) in [5, 5.41) is 4.29. The van der Waals surface area contributed by atoms with E-state index >= 15 is 0 Å². The first-order valence-electron chi connectivity index (χ1n) is 9.27. The fourth-order valence-electron chi connectivity index (χ4n) is 3.84. The lowest BCUT2D eigenvalue weighted by atomic mass is 10.0. The van der Waals surface area contributed by atoms with E-state index in [-0.39, 0.29) is 12.1 Å². The average molecular weight is 378 g/mol. The summed E-state index contributed by atoms with van der Waals surface area (Å²) in [7, 11) is 0. The van der Waals surface area contributed by atoms with Crippen LogP contribution in [0.25, 0.3) is 5.69 Å². The van der Waals surface area contributed by atoms with Crippen molar-refractivity contribution in [3.63, 3.8) is 0 Å². The monoisotopic (exact) mass is 377 g/mol. The van der Waals surface area contributed by atoms with E-state index in [9.17, 15) is 0 Å². The van der Waals surface area contributed by atoms with Gasteiger partial charge in [-0.05, 0) is 62.0 Å². The Kier molecular flexibility index (Phi) is 4.90. The molecule has 0 aliphatic carbocycles. The highest BCUT2D eigenvalue weighted by Crippen LogP contribution is 2.40. The Morgan fingerprint density at radius 2 is 2.00 bits per heavy atom. The molecule has 3 aromatic heterocycles. The van der Waals surface area contributed by atoms with Gasteiger partial charge in [0.2, 0.25) is 0 Å². The summed E-state index contributed by atoms with van der Waals surface area (Å²) >= 11 is 5.69. The Morgan fingerprint density at radius 1 is 1.11 bits per heavy atom. The summed E-state index contributed by atoms with van der Waals surface area (Å²) in [6.07, 6.45) is 6.57. The quantitative estimate of drug-likeness (QED) is 0.682. The molecule has 5 nitrogen and oxygen atoms in total. The highest BCUT2D eigenvalue weighted by molar-refractivity contribution is 7.80.